The minimum Gasteiger partial charge on any atom is -0.497 e. The average molecular weight is 271 g/mol. The number of rotatable bonds is 6. The highest BCUT2D eigenvalue weighted by atomic mass is 16.5. The van der Waals surface area contributed by atoms with Crippen LogP contribution in [0.4, 0.5) is 0 Å². The van der Waals surface area contributed by atoms with Crippen molar-refractivity contribution in [3.05, 3.63) is 60.2 Å². The van der Waals surface area contributed by atoms with Crippen molar-refractivity contribution >= 4 is 0 Å². The van der Waals surface area contributed by atoms with Gasteiger partial charge < -0.3 is 15.2 Å². The molecule has 0 aromatic heterocycles. The lowest BCUT2D eigenvalue weighted by molar-refractivity contribution is 0.166. The van der Waals surface area contributed by atoms with Gasteiger partial charge in [0.05, 0.1) is 13.2 Å². The molecular formula is C17H21NO2. The summed E-state index contributed by atoms with van der Waals surface area (Å²) < 4.78 is 11.2. The standard InChI is InChI=1S/C17H21NO2/c1-3-16(17(18)13-8-5-4-6-9-13)20-15-11-7-10-14(12-15)19-2/h4-12,16-17H,3,18H2,1-2H3. The summed E-state index contributed by atoms with van der Waals surface area (Å²) in [5, 5.41) is 0. The summed E-state index contributed by atoms with van der Waals surface area (Å²) in [5.41, 5.74) is 7.40. The van der Waals surface area contributed by atoms with Gasteiger partial charge in [0, 0.05) is 6.07 Å². The van der Waals surface area contributed by atoms with Crippen LogP contribution in [0, 0.1) is 0 Å². The molecule has 2 N–H and O–H groups in total. The van der Waals surface area contributed by atoms with Crippen molar-refractivity contribution in [3.63, 3.8) is 0 Å². The molecule has 0 saturated carbocycles. The zero-order valence-electron chi connectivity index (χ0n) is 12.0. The molecule has 106 valence electrons. The molecule has 2 rings (SSSR count). The van der Waals surface area contributed by atoms with E-state index in [1.165, 1.54) is 0 Å². The fraction of sp³-hybridized carbons (Fsp3) is 0.294. The van der Waals surface area contributed by atoms with Gasteiger partial charge in [-0.15, -0.1) is 0 Å². The van der Waals surface area contributed by atoms with Crippen LogP contribution < -0.4 is 15.2 Å². The van der Waals surface area contributed by atoms with Crippen LogP contribution in [0.3, 0.4) is 0 Å². The van der Waals surface area contributed by atoms with Gasteiger partial charge in [-0.2, -0.15) is 0 Å². The Morgan fingerprint density at radius 3 is 2.35 bits per heavy atom. The molecule has 0 saturated heterocycles. The van der Waals surface area contributed by atoms with E-state index in [9.17, 15) is 0 Å². The van der Waals surface area contributed by atoms with Crippen LogP contribution in [0.5, 0.6) is 11.5 Å². The number of hydrogen-bond acceptors (Lipinski definition) is 3. The first-order valence-electron chi connectivity index (χ1n) is 6.85. The average Bonchev–Trinajstić information content (AvgIpc) is 2.53. The van der Waals surface area contributed by atoms with Crippen molar-refractivity contribution < 1.29 is 9.47 Å². The fourth-order valence-electron chi connectivity index (χ4n) is 2.15. The van der Waals surface area contributed by atoms with Crippen LogP contribution in [0.25, 0.3) is 0 Å². The van der Waals surface area contributed by atoms with E-state index in [2.05, 4.69) is 6.92 Å². The van der Waals surface area contributed by atoms with Gasteiger partial charge >= 0.3 is 0 Å². The third-order valence-electron chi connectivity index (χ3n) is 3.32. The molecule has 0 radical (unpaired) electrons. The van der Waals surface area contributed by atoms with Gasteiger partial charge in [0.15, 0.2) is 0 Å². The highest BCUT2D eigenvalue weighted by molar-refractivity contribution is 5.33. The highest BCUT2D eigenvalue weighted by Gasteiger charge is 2.19. The topological polar surface area (TPSA) is 44.5 Å². The van der Waals surface area contributed by atoms with Crippen molar-refractivity contribution in [2.75, 3.05) is 7.11 Å². The van der Waals surface area contributed by atoms with E-state index in [1.807, 2.05) is 54.6 Å². The molecule has 3 heteroatoms. The summed E-state index contributed by atoms with van der Waals surface area (Å²) in [7, 11) is 1.64. The molecule has 0 aliphatic heterocycles. The van der Waals surface area contributed by atoms with E-state index >= 15 is 0 Å². The van der Waals surface area contributed by atoms with Gasteiger partial charge in [0.25, 0.3) is 0 Å². The van der Waals surface area contributed by atoms with Crippen LogP contribution in [0.15, 0.2) is 54.6 Å². The maximum absolute atomic E-state index is 6.31. The van der Waals surface area contributed by atoms with E-state index in [4.69, 9.17) is 15.2 Å². The van der Waals surface area contributed by atoms with Crippen molar-refractivity contribution in [2.45, 2.75) is 25.5 Å². The second-order valence-corrected chi connectivity index (χ2v) is 4.68. The lowest BCUT2D eigenvalue weighted by Gasteiger charge is -2.24. The van der Waals surface area contributed by atoms with Gasteiger partial charge in [0.2, 0.25) is 0 Å². The first-order chi connectivity index (χ1) is 9.74. The molecule has 2 aromatic rings. The molecule has 2 atom stereocenters. The van der Waals surface area contributed by atoms with E-state index in [-0.39, 0.29) is 12.1 Å². The molecule has 3 nitrogen and oxygen atoms in total. The minimum atomic E-state index is -0.146. The molecule has 0 aliphatic carbocycles. The summed E-state index contributed by atoms with van der Waals surface area (Å²) in [5.74, 6) is 1.56. The molecule has 0 fully saturated rings. The summed E-state index contributed by atoms with van der Waals surface area (Å²) in [4.78, 5) is 0. The molecule has 0 bridgehead atoms. The number of hydrogen-bond donors (Lipinski definition) is 1. The zero-order chi connectivity index (χ0) is 14.4. The Morgan fingerprint density at radius 2 is 1.70 bits per heavy atom. The van der Waals surface area contributed by atoms with E-state index in [1.54, 1.807) is 7.11 Å². The summed E-state index contributed by atoms with van der Waals surface area (Å²) in [6.07, 6.45) is 0.775. The SMILES string of the molecule is CCC(Oc1cccc(OC)c1)C(N)c1ccccc1. The minimum absolute atomic E-state index is 0.0653. The predicted molar refractivity (Wildman–Crippen MR) is 81.1 cm³/mol. The normalized spacial score (nSPS) is 13.6. The quantitative estimate of drug-likeness (QED) is 0.873. The Morgan fingerprint density at radius 1 is 1.00 bits per heavy atom. The van der Waals surface area contributed by atoms with E-state index in [0.717, 1.165) is 23.5 Å². The summed E-state index contributed by atoms with van der Waals surface area (Å²) >= 11 is 0. The third-order valence-corrected chi connectivity index (χ3v) is 3.32. The Labute approximate surface area is 120 Å². The maximum Gasteiger partial charge on any atom is 0.123 e. The number of benzene rings is 2. The van der Waals surface area contributed by atoms with Gasteiger partial charge in [-0.1, -0.05) is 43.3 Å². The molecule has 2 unspecified atom stereocenters. The van der Waals surface area contributed by atoms with Gasteiger partial charge in [-0.3, -0.25) is 0 Å². The highest BCUT2D eigenvalue weighted by Crippen LogP contribution is 2.25. The van der Waals surface area contributed by atoms with Gasteiger partial charge in [0.1, 0.15) is 17.6 Å². The number of methoxy groups -OCH3 is 1. The van der Waals surface area contributed by atoms with Crippen LogP contribution >= 0.6 is 0 Å². The first kappa shape index (κ1) is 14.4. The van der Waals surface area contributed by atoms with Crippen LogP contribution in [0.2, 0.25) is 0 Å². The second kappa shape index (κ2) is 6.96. The number of nitrogens with two attached hydrogens (primary N) is 1. The fourth-order valence-corrected chi connectivity index (χ4v) is 2.15. The lowest BCUT2D eigenvalue weighted by atomic mass is 10.0. The Bertz CT molecular complexity index is 528. The second-order valence-electron chi connectivity index (χ2n) is 4.68. The van der Waals surface area contributed by atoms with Crippen molar-refractivity contribution in [2.24, 2.45) is 5.73 Å². The Kier molecular flexibility index (Phi) is 5.02. The smallest absolute Gasteiger partial charge is 0.123 e. The van der Waals surface area contributed by atoms with Crippen LogP contribution in [0.1, 0.15) is 24.9 Å². The van der Waals surface area contributed by atoms with Crippen LogP contribution in [-0.2, 0) is 0 Å². The monoisotopic (exact) mass is 271 g/mol. The molecule has 20 heavy (non-hydrogen) atoms. The molecule has 0 amide bonds. The molecule has 2 aromatic carbocycles. The molecular weight excluding hydrogens is 250 g/mol. The van der Waals surface area contributed by atoms with Crippen molar-refractivity contribution in [3.8, 4) is 11.5 Å². The van der Waals surface area contributed by atoms with Crippen molar-refractivity contribution in [1.29, 1.82) is 0 Å². The summed E-state index contributed by atoms with van der Waals surface area (Å²) in [6, 6.07) is 17.5. The van der Waals surface area contributed by atoms with Gasteiger partial charge in [-0.25, -0.2) is 0 Å². The maximum atomic E-state index is 6.31. The first-order valence-corrected chi connectivity index (χ1v) is 6.85. The predicted octanol–water partition coefficient (Wildman–Crippen LogP) is 3.55. The van der Waals surface area contributed by atoms with E-state index in [0.29, 0.717) is 0 Å². The molecule has 0 aliphatic rings. The van der Waals surface area contributed by atoms with Gasteiger partial charge in [-0.05, 0) is 24.1 Å². The molecule has 0 heterocycles. The van der Waals surface area contributed by atoms with Crippen molar-refractivity contribution in [1.82, 2.24) is 0 Å². The zero-order valence-corrected chi connectivity index (χ0v) is 12.0. The van der Waals surface area contributed by atoms with Crippen LogP contribution in [-0.4, -0.2) is 13.2 Å². The third kappa shape index (κ3) is 3.52. The largest absolute Gasteiger partial charge is 0.497 e. The summed E-state index contributed by atoms with van der Waals surface area (Å²) in [6.45, 7) is 2.08. The Balaban J connectivity index is 2.12. The molecule has 0 spiro atoms. The Hall–Kier alpha value is -2.00. The van der Waals surface area contributed by atoms with E-state index < -0.39 is 0 Å². The number of ether oxygens (including phenoxy) is 2. The lowest BCUT2D eigenvalue weighted by Crippen LogP contribution is -2.30.